The summed E-state index contributed by atoms with van der Waals surface area (Å²) in [5.74, 6) is 0. The van der Waals surface area contributed by atoms with E-state index in [9.17, 15) is 5.11 Å². The highest BCUT2D eigenvalue weighted by molar-refractivity contribution is 7.09. The molecule has 1 aromatic heterocycles. The largest absolute Gasteiger partial charge is 0.381 e. The molecule has 1 unspecified atom stereocenters. The monoisotopic (exact) mass is 239 g/mol. The first-order chi connectivity index (χ1) is 7.16. The predicted octanol–water partition coefficient (Wildman–Crippen LogP) is 3.19. The van der Waals surface area contributed by atoms with E-state index < -0.39 is 6.10 Å². The zero-order valence-corrected chi connectivity index (χ0v) is 9.72. The van der Waals surface area contributed by atoms with Crippen LogP contribution in [0.5, 0.6) is 0 Å². The fraction of sp³-hybridized carbons (Fsp3) is 0.182. The molecule has 2 aromatic rings. The van der Waals surface area contributed by atoms with Gasteiger partial charge in [0, 0.05) is 16.1 Å². The molecule has 2 nitrogen and oxygen atoms in total. The Morgan fingerprint density at radius 1 is 1.33 bits per heavy atom. The lowest BCUT2D eigenvalue weighted by Crippen LogP contribution is -1.98. The van der Waals surface area contributed by atoms with Gasteiger partial charge in [0.25, 0.3) is 0 Å². The molecule has 0 saturated heterocycles. The molecule has 0 saturated carbocycles. The van der Waals surface area contributed by atoms with Crippen molar-refractivity contribution < 1.29 is 5.11 Å². The van der Waals surface area contributed by atoms with Crippen LogP contribution in [0, 0.1) is 6.92 Å². The smallest absolute Gasteiger partial charge is 0.131 e. The van der Waals surface area contributed by atoms with Crippen molar-refractivity contribution in [2.24, 2.45) is 0 Å². The van der Waals surface area contributed by atoms with E-state index in [1.165, 1.54) is 11.3 Å². The molecule has 0 spiro atoms. The molecule has 78 valence electrons. The Kier molecular flexibility index (Phi) is 3.05. The number of aryl methyl sites for hydroxylation is 1. The van der Waals surface area contributed by atoms with Gasteiger partial charge in [0.15, 0.2) is 0 Å². The van der Waals surface area contributed by atoms with Crippen LogP contribution in [-0.4, -0.2) is 10.1 Å². The third-order valence-corrected chi connectivity index (χ3v) is 3.32. The van der Waals surface area contributed by atoms with Crippen molar-refractivity contribution in [1.29, 1.82) is 0 Å². The molecule has 0 amide bonds. The van der Waals surface area contributed by atoms with Gasteiger partial charge in [-0.15, -0.1) is 11.3 Å². The van der Waals surface area contributed by atoms with E-state index in [1.807, 2.05) is 24.4 Å². The molecule has 0 fully saturated rings. The molecule has 1 N–H and O–H groups in total. The maximum Gasteiger partial charge on any atom is 0.131 e. The number of aliphatic hydroxyl groups excluding tert-OH is 1. The molecule has 0 aliphatic rings. The Balaban J connectivity index is 2.28. The molecule has 0 radical (unpaired) electrons. The van der Waals surface area contributed by atoms with Crippen LogP contribution in [0.25, 0.3) is 0 Å². The molecule has 1 atom stereocenters. The molecule has 4 heteroatoms. The number of aromatic nitrogens is 1. The molecular formula is C11H10ClNOS. The Morgan fingerprint density at radius 3 is 2.53 bits per heavy atom. The van der Waals surface area contributed by atoms with Crippen LogP contribution in [0.1, 0.15) is 22.4 Å². The summed E-state index contributed by atoms with van der Waals surface area (Å²) < 4.78 is 0. The summed E-state index contributed by atoms with van der Waals surface area (Å²) in [7, 11) is 0. The fourth-order valence-corrected chi connectivity index (χ4v) is 2.22. The van der Waals surface area contributed by atoms with Gasteiger partial charge in [-0.2, -0.15) is 0 Å². The number of halogens is 1. The van der Waals surface area contributed by atoms with Crippen molar-refractivity contribution in [1.82, 2.24) is 4.98 Å². The van der Waals surface area contributed by atoms with Crippen molar-refractivity contribution in [2.75, 3.05) is 0 Å². The topological polar surface area (TPSA) is 33.1 Å². The molecule has 0 aliphatic carbocycles. The SMILES string of the molecule is Cc1csc(C(O)c2ccc(Cl)cc2)n1. The Labute approximate surface area is 97.2 Å². The zero-order valence-electron chi connectivity index (χ0n) is 8.14. The van der Waals surface area contributed by atoms with Crippen molar-refractivity contribution in [2.45, 2.75) is 13.0 Å². The Hall–Kier alpha value is -0.900. The minimum absolute atomic E-state index is 0.652. The van der Waals surface area contributed by atoms with E-state index in [0.29, 0.717) is 5.02 Å². The number of thiazole rings is 1. The van der Waals surface area contributed by atoms with E-state index in [4.69, 9.17) is 11.6 Å². The van der Waals surface area contributed by atoms with Crippen molar-refractivity contribution in [3.05, 3.63) is 50.9 Å². The summed E-state index contributed by atoms with van der Waals surface area (Å²) in [5.41, 5.74) is 1.75. The van der Waals surface area contributed by atoms with Crippen LogP contribution in [0.4, 0.5) is 0 Å². The summed E-state index contributed by atoms with van der Waals surface area (Å²) in [6.45, 7) is 1.91. The van der Waals surface area contributed by atoms with Crippen LogP contribution in [0.2, 0.25) is 5.02 Å². The van der Waals surface area contributed by atoms with Crippen molar-refractivity contribution in [3.63, 3.8) is 0 Å². The number of nitrogens with zero attached hydrogens (tertiary/aromatic N) is 1. The summed E-state index contributed by atoms with van der Waals surface area (Å²) in [6.07, 6.45) is -0.652. The molecular weight excluding hydrogens is 230 g/mol. The van der Waals surface area contributed by atoms with Gasteiger partial charge in [0.05, 0.1) is 0 Å². The minimum atomic E-state index is -0.652. The first kappa shape index (κ1) is 10.6. The zero-order chi connectivity index (χ0) is 10.8. The number of hydrogen-bond acceptors (Lipinski definition) is 3. The quantitative estimate of drug-likeness (QED) is 0.873. The van der Waals surface area contributed by atoms with E-state index in [1.54, 1.807) is 12.1 Å². The predicted molar refractivity (Wildman–Crippen MR) is 62.4 cm³/mol. The van der Waals surface area contributed by atoms with Crippen LogP contribution in [0.15, 0.2) is 29.6 Å². The first-order valence-electron chi connectivity index (χ1n) is 4.52. The van der Waals surface area contributed by atoms with Crippen molar-refractivity contribution >= 4 is 22.9 Å². The average molecular weight is 240 g/mol. The first-order valence-corrected chi connectivity index (χ1v) is 5.78. The third-order valence-electron chi connectivity index (χ3n) is 2.06. The van der Waals surface area contributed by atoms with Gasteiger partial charge in [-0.05, 0) is 24.6 Å². The fourth-order valence-electron chi connectivity index (χ4n) is 1.29. The van der Waals surface area contributed by atoms with Gasteiger partial charge >= 0.3 is 0 Å². The second kappa shape index (κ2) is 4.31. The Bertz CT molecular complexity index is 452. The molecule has 2 rings (SSSR count). The van der Waals surface area contributed by atoms with Gasteiger partial charge in [-0.1, -0.05) is 23.7 Å². The van der Waals surface area contributed by atoms with Crippen LogP contribution < -0.4 is 0 Å². The van der Waals surface area contributed by atoms with E-state index in [0.717, 1.165) is 16.3 Å². The molecule has 1 aromatic carbocycles. The lowest BCUT2D eigenvalue weighted by atomic mass is 10.1. The van der Waals surface area contributed by atoms with Crippen LogP contribution in [0.3, 0.4) is 0 Å². The van der Waals surface area contributed by atoms with Gasteiger partial charge in [0.1, 0.15) is 11.1 Å². The number of rotatable bonds is 2. The highest BCUT2D eigenvalue weighted by Gasteiger charge is 2.13. The number of hydrogen-bond donors (Lipinski definition) is 1. The molecule has 0 aliphatic heterocycles. The van der Waals surface area contributed by atoms with E-state index >= 15 is 0 Å². The lowest BCUT2D eigenvalue weighted by Gasteiger charge is -2.07. The van der Waals surface area contributed by atoms with Crippen molar-refractivity contribution in [3.8, 4) is 0 Å². The van der Waals surface area contributed by atoms with Gasteiger partial charge < -0.3 is 5.11 Å². The lowest BCUT2D eigenvalue weighted by molar-refractivity contribution is 0.219. The summed E-state index contributed by atoms with van der Waals surface area (Å²) in [5, 5.41) is 13.3. The van der Waals surface area contributed by atoms with E-state index in [2.05, 4.69) is 4.98 Å². The third kappa shape index (κ3) is 2.37. The number of benzene rings is 1. The molecule has 15 heavy (non-hydrogen) atoms. The molecule has 1 heterocycles. The van der Waals surface area contributed by atoms with E-state index in [-0.39, 0.29) is 0 Å². The van der Waals surface area contributed by atoms with Crippen LogP contribution in [-0.2, 0) is 0 Å². The highest BCUT2D eigenvalue weighted by Crippen LogP contribution is 2.25. The standard InChI is InChI=1S/C11H10ClNOS/c1-7-6-15-11(13-7)10(14)8-2-4-9(12)5-3-8/h2-6,10,14H,1H3. The summed E-state index contributed by atoms with van der Waals surface area (Å²) in [6, 6.07) is 7.15. The summed E-state index contributed by atoms with van der Waals surface area (Å²) in [4.78, 5) is 4.24. The van der Waals surface area contributed by atoms with Gasteiger partial charge in [-0.25, -0.2) is 4.98 Å². The summed E-state index contributed by atoms with van der Waals surface area (Å²) >= 11 is 7.23. The highest BCUT2D eigenvalue weighted by atomic mass is 35.5. The normalized spacial score (nSPS) is 12.7. The van der Waals surface area contributed by atoms with Gasteiger partial charge in [-0.3, -0.25) is 0 Å². The van der Waals surface area contributed by atoms with Gasteiger partial charge in [0.2, 0.25) is 0 Å². The number of aliphatic hydroxyl groups is 1. The Morgan fingerprint density at radius 2 is 2.00 bits per heavy atom. The van der Waals surface area contributed by atoms with Crippen LogP contribution >= 0.6 is 22.9 Å². The maximum absolute atomic E-state index is 10.0. The molecule has 0 bridgehead atoms. The maximum atomic E-state index is 10.0. The second-order valence-corrected chi connectivity index (χ2v) is 4.61. The average Bonchev–Trinajstić information content (AvgIpc) is 2.65. The second-order valence-electron chi connectivity index (χ2n) is 3.28. The minimum Gasteiger partial charge on any atom is -0.381 e.